The normalized spacial score (nSPS) is 9.70. The second kappa shape index (κ2) is 7.51. The number of phenolic OH excluding ortho intramolecular Hbond substituents is 4. The molecule has 0 amide bonds. The smallest absolute Gasteiger partial charge is 0.163 e. The van der Waals surface area contributed by atoms with Crippen molar-refractivity contribution >= 4 is 23.2 Å². The number of aromatic hydroxyl groups is 4. The van der Waals surface area contributed by atoms with Gasteiger partial charge in [-0.2, -0.15) is 0 Å². The van der Waals surface area contributed by atoms with Gasteiger partial charge in [0.25, 0.3) is 0 Å². The van der Waals surface area contributed by atoms with Crippen molar-refractivity contribution in [1.29, 1.82) is 0 Å². The number of carbonyl (C=O) groups excluding carboxylic acids is 2. The number of phenols is 4. The quantitative estimate of drug-likeness (QED) is 0.493. The molecule has 0 heterocycles. The second-order valence-corrected chi connectivity index (χ2v) is 5.04. The third-order valence-corrected chi connectivity index (χ3v) is 3.08. The van der Waals surface area contributed by atoms with E-state index in [9.17, 15) is 14.7 Å². The summed E-state index contributed by atoms with van der Waals surface area (Å²) in [6, 6.07) is 6.18. The van der Waals surface area contributed by atoms with Gasteiger partial charge in [-0.1, -0.05) is 11.6 Å². The van der Waals surface area contributed by atoms with E-state index in [4.69, 9.17) is 26.9 Å². The molecule has 23 heavy (non-hydrogen) atoms. The SMILES string of the molecule is CC(=O)c1cc(O)cc(Cl)c1O.CC(=O)c1cc(O)ccc1O. The van der Waals surface area contributed by atoms with Crippen molar-refractivity contribution in [1.82, 2.24) is 0 Å². The number of hydrogen-bond acceptors (Lipinski definition) is 6. The summed E-state index contributed by atoms with van der Waals surface area (Å²) in [5, 5.41) is 36.2. The van der Waals surface area contributed by atoms with Crippen molar-refractivity contribution in [3.05, 3.63) is 46.5 Å². The first-order chi connectivity index (χ1) is 10.6. The lowest BCUT2D eigenvalue weighted by molar-refractivity contribution is 0.100. The zero-order valence-electron chi connectivity index (χ0n) is 12.4. The molecule has 122 valence electrons. The van der Waals surface area contributed by atoms with Gasteiger partial charge in [0.2, 0.25) is 0 Å². The number of benzene rings is 2. The number of halogens is 1. The Labute approximate surface area is 137 Å². The molecule has 0 aromatic heterocycles. The maximum absolute atomic E-state index is 10.8. The molecule has 2 aromatic carbocycles. The van der Waals surface area contributed by atoms with Gasteiger partial charge in [-0.05, 0) is 38.1 Å². The van der Waals surface area contributed by atoms with Gasteiger partial charge in [0.15, 0.2) is 11.6 Å². The molecule has 0 spiro atoms. The highest BCUT2D eigenvalue weighted by molar-refractivity contribution is 6.32. The first-order valence-corrected chi connectivity index (χ1v) is 6.76. The van der Waals surface area contributed by atoms with Crippen LogP contribution in [0.1, 0.15) is 34.6 Å². The molecular formula is C16H15ClO6. The maximum atomic E-state index is 10.8. The van der Waals surface area contributed by atoms with Gasteiger partial charge in [0, 0.05) is 6.07 Å². The summed E-state index contributed by atoms with van der Waals surface area (Å²) >= 11 is 5.50. The number of rotatable bonds is 2. The maximum Gasteiger partial charge on any atom is 0.163 e. The number of Topliss-reactive ketones (excluding diaryl/α,β-unsaturated/α-hetero) is 2. The minimum atomic E-state index is -0.342. The van der Waals surface area contributed by atoms with Crippen LogP contribution >= 0.6 is 11.6 Å². The van der Waals surface area contributed by atoms with E-state index in [1.807, 2.05) is 0 Å². The van der Waals surface area contributed by atoms with Gasteiger partial charge in [0.05, 0.1) is 16.1 Å². The second-order valence-electron chi connectivity index (χ2n) is 4.64. The topological polar surface area (TPSA) is 115 Å². The summed E-state index contributed by atoms with van der Waals surface area (Å²) in [5.74, 6) is -1.16. The lowest BCUT2D eigenvalue weighted by atomic mass is 10.1. The van der Waals surface area contributed by atoms with Crippen molar-refractivity contribution in [2.45, 2.75) is 13.8 Å². The van der Waals surface area contributed by atoms with Crippen LogP contribution < -0.4 is 0 Å². The van der Waals surface area contributed by atoms with Crippen molar-refractivity contribution in [2.75, 3.05) is 0 Å². The third kappa shape index (κ3) is 4.89. The molecule has 0 unspecified atom stereocenters. The Hall–Kier alpha value is -2.73. The molecule has 0 saturated carbocycles. The fourth-order valence-corrected chi connectivity index (χ4v) is 1.87. The first kappa shape index (κ1) is 18.3. The van der Waals surface area contributed by atoms with Gasteiger partial charge in [-0.25, -0.2) is 0 Å². The van der Waals surface area contributed by atoms with Gasteiger partial charge in [0.1, 0.15) is 23.0 Å². The average Bonchev–Trinajstić information content (AvgIpc) is 2.45. The zero-order chi connectivity index (χ0) is 17.7. The molecule has 0 atom stereocenters. The number of carbonyl (C=O) groups is 2. The van der Waals surface area contributed by atoms with E-state index in [0.717, 1.165) is 0 Å². The minimum Gasteiger partial charge on any atom is -0.508 e. The molecule has 0 aliphatic heterocycles. The van der Waals surface area contributed by atoms with Gasteiger partial charge >= 0.3 is 0 Å². The summed E-state index contributed by atoms with van der Waals surface area (Å²) in [6.07, 6.45) is 0. The molecule has 2 aromatic rings. The molecule has 0 aliphatic carbocycles. The van der Waals surface area contributed by atoms with E-state index >= 15 is 0 Å². The molecule has 2 rings (SSSR count). The molecular weight excluding hydrogens is 324 g/mol. The molecule has 0 aliphatic rings. The van der Waals surface area contributed by atoms with Gasteiger partial charge < -0.3 is 20.4 Å². The van der Waals surface area contributed by atoms with E-state index in [1.54, 1.807) is 0 Å². The van der Waals surface area contributed by atoms with Crippen LogP contribution in [0.2, 0.25) is 5.02 Å². The van der Waals surface area contributed by atoms with Gasteiger partial charge in [-0.3, -0.25) is 9.59 Å². The molecule has 0 saturated heterocycles. The van der Waals surface area contributed by atoms with Crippen molar-refractivity contribution in [3.63, 3.8) is 0 Å². The monoisotopic (exact) mass is 338 g/mol. The van der Waals surface area contributed by atoms with E-state index in [1.165, 1.54) is 44.2 Å². The van der Waals surface area contributed by atoms with Crippen LogP contribution in [0.15, 0.2) is 30.3 Å². The highest BCUT2D eigenvalue weighted by Crippen LogP contribution is 2.31. The molecule has 0 fully saturated rings. The summed E-state index contributed by atoms with van der Waals surface area (Å²) in [7, 11) is 0. The van der Waals surface area contributed by atoms with E-state index < -0.39 is 0 Å². The number of ketones is 2. The molecule has 0 bridgehead atoms. The Bertz CT molecular complexity index is 754. The third-order valence-electron chi connectivity index (χ3n) is 2.79. The largest absolute Gasteiger partial charge is 0.508 e. The molecule has 4 N–H and O–H groups in total. The van der Waals surface area contributed by atoms with Crippen LogP contribution in [-0.4, -0.2) is 32.0 Å². The lowest BCUT2D eigenvalue weighted by Gasteiger charge is -2.02. The fraction of sp³-hybridized carbons (Fsp3) is 0.125. The van der Waals surface area contributed by atoms with E-state index in [0.29, 0.717) is 0 Å². The first-order valence-electron chi connectivity index (χ1n) is 6.38. The van der Waals surface area contributed by atoms with Crippen molar-refractivity contribution < 1.29 is 30.0 Å². The van der Waals surface area contributed by atoms with E-state index in [-0.39, 0.29) is 50.7 Å². The minimum absolute atomic E-state index is 0.0204. The zero-order valence-corrected chi connectivity index (χ0v) is 13.1. The summed E-state index contributed by atoms with van der Waals surface area (Å²) in [5.41, 5.74) is 0.171. The van der Waals surface area contributed by atoms with Crippen LogP contribution in [-0.2, 0) is 0 Å². The predicted molar refractivity (Wildman–Crippen MR) is 84.6 cm³/mol. The fourth-order valence-electron chi connectivity index (χ4n) is 1.66. The summed E-state index contributed by atoms with van der Waals surface area (Å²) in [4.78, 5) is 21.6. The molecule has 0 radical (unpaired) electrons. The summed E-state index contributed by atoms with van der Waals surface area (Å²) < 4.78 is 0. The Morgan fingerprint density at radius 3 is 1.83 bits per heavy atom. The molecule has 6 nitrogen and oxygen atoms in total. The van der Waals surface area contributed by atoms with Crippen LogP contribution in [0.5, 0.6) is 23.0 Å². The van der Waals surface area contributed by atoms with Crippen LogP contribution in [0.25, 0.3) is 0 Å². The van der Waals surface area contributed by atoms with Crippen LogP contribution in [0, 0.1) is 0 Å². The standard InChI is InChI=1S/C8H7ClO3.C8H8O3/c1-4(10)6-2-5(11)3-7(9)8(6)12;1-5(9)7-4-6(10)2-3-8(7)11/h2-3,11-12H,1H3;2-4,10-11H,1H3. The number of hydrogen-bond donors (Lipinski definition) is 4. The van der Waals surface area contributed by atoms with Crippen molar-refractivity contribution in [2.24, 2.45) is 0 Å². The Morgan fingerprint density at radius 1 is 0.826 bits per heavy atom. The highest BCUT2D eigenvalue weighted by atomic mass is 35.5. The molecule has 7 heteroatoms. The van der Waals surface area contributed by atoms with Crippen molar-refractivity contribution in [3.8, 4) is 23.0 Å². The van der Waals surface area contributed by atoms with E-state index in [2.05, 4.69) is 0 Å². The summed E-state index contributed by atoms with van der Waals surface area (Å²) in [6.45, 7) is 2.61. The van der Waals surface area contributed by atoms with Gasteiger partial charge in [-0.15, -0.1) is 0 Å². The average molecular weight is 339 g/mol. The van der Waals surface area contributed by atoms with Crippen LogP contribution in [0.4, 0.5) is 0 Å². The van der Waals surface area contributed by atoms with Crippen LogP contribution in [0.3, 0.4) is 0 Å². The Balaban J connectivity index is 0.000000231. The Kier molecular flexibility index (Phi) is 5.98. The predicted octanol–water partition coefficient (Wildman–Crippen LogP) is 3.25. The Morgan fingerprint density at radius 2 is 1.35 bits per heavy atom. The lowest BCUT2D eigenvalue weighted by Crippen LogP contribution is -1.92. The highest BCUT2D eigenvalue weighted by Gasteiger charge is 2.11.